The summed E-state index contributed by atoms with van der Waals surface area (Å²) in [7, 11) is 4.99. The summed E-state index contributed by atoms with van der Waals surface area (Å²) in [6.07, 6.45) is 8.02. The van der Waals surface area contributed by atoms with Crippen molar-refractivity contribution in [3.8, 4) is 17.2 Å². The number of nitrogens with zero attached hydrogens (tertiary/aromatic N) is 1. The number of ether oxygens (including phenoxy) is 3. The van der Waals surface area contributed by atoms with E-state index in [1.165, 1.54) is 50.0 Å². The Morgan fingerprint density at radius 1 is 0.935 bits per heavy atom. The van der Waals surface area contributed by atoms with Gasteiger partial charge in [0.15, 0.2) is 11.5 Å². The Balaban J connectivity index is 1.31. The van der Waals surface area contributed by atoms with Crippen LogP contribution in [0.3, 0.4) is 0 Å². The maximum Gasteiger partial charge on any atom is 0.204 e. The average Bonchev–Trinajstić information content (AvgIpc) is 3.24. The van der Waals surface area contributed by atoms with Crippen LogP contribution in [0.1, 0.15) is 42.7 Å². The third-order valence-electron chi connectivity index (χ3n) is 6.58. The minimum Gasteiger partial charge on any atom is -0.493 e. The van der Waals surface area contributed by atoms with E-state index in [1.807, 2.05) is 6.07 Å². The zero-order valence-corrected chi connectivity index (χ0v) is 18.9. The lowest BCUT2D eigenvalue weighted by atomic mass is 9.89. The molecule has 0 saturated carbocycles. The number of unbranched alkanes of at least 4 members (excludes halogenated alkanes) is 1. The molecule has 0 unspecified atom stereocenters. The van der Waals surface area contributed by atoms with Gasteiger partial charge >= 0.3 is 0 Å². The fourth-order valence-electron chi connectivity index (χ4n) is 4.89. The lowest BCUT2D eigenvalue weighted by Crippen LogP contribution is -2.33. The summed E-state index contributed by atoms with van der Waals surface area (Å²) in [5.41, 5.74) is 3.80. The Morgan fingerprint density at radius 3 is 2.35 bits per heavy atom. The van der Waals surface area contributed by atoms with Crippen LogP contribution < -0.4 is 14.2 Å². The van der Waals surface area contributed by atoms with Crippen LogP contribution in [-0.4, -0.2) is 50.8 Å². The number of aryl methyl sites for hydroxylation is 1. The zero-order chi connectivity index (χ0) is 21.6. The molecule has 1 saturated heterocycles. The normalized spacial score (nSPS) is 15.3. The zero-order valence-electron chi connectivity index (χ0n) is 18.9. The van der Waals surface area contributed by atoms with Crippen LogP contribution in [0.4, 0.5) is 0 Å². The van der Waals surface area contributed by atoms with Crippen molar-refractivity contribution in [2.45, 2.75) is 38.0 Å². The number of likely N-dealkylation sites (tertiary alicyclic amines) is 1. The van der Waals surface area contributed by atoms with Gasteiger partial charge in [-0.15, -0.1) is 0 Å². The van der Waals surface area contributed by atoms with Crippen molar-refractivity contribution in [1.29, 1.82) is 0 Å². The molecule has 1 N–H and O–H groups in total. The number of aromatic nitrogens is 1. The number of hydrogen-bond acceptors (Lipinski definition) is 4. The predicted octanol–water partition coefficient (Wildman–Crippen LogP) is 5.40. The largest absolute Gasteiger partial charge is 0.493 e. The van der Waals surface area contributed by atoms with E-state index in [1.54, 1.807) is 21.3 Å². The summed E-state index contributed by atoms with van der Waals surface area (Å²) >= 11 is 0. The number of piperidine rings is 1. The van der Waals surface area contributed by atoms with E-state index in [0.717, 1.165) is 35.4 Å². The Morgan fingerprint density at radius 2 is 1.68 bits per heavy atom. The van der Waals surface area contributed by atoms with Crippen molar-refractivity contribution in [2.24, 2.45) is 0 Å². The summed E-state index contributed by atoms with van der Waals surface area (Å²) in [5.74, 6) is 2.80. The van der Waals surface area contributed by atoms with Gasteiger partial charge in [0.1, 0.15) is 0 Å². The van der Waals surface area contributed by atoms with Crippen molar-refractivity contribution in [3.05, 3.63) is 53.7 Å². The molecule has 1 aliphatic heterocycles. The second-order valence-electron chi connectivity index (χ2n) is 8.37. The van der Waals surface area contributed by atoms with Gasteiger partial charge in [0.2, 0.25) is 5.75 Å². The van der Waals surface area contributed by atoms with Gasteiger partial charge in [-0.05, 0) is 68.8 Å². The molecule has 3 aromatic rings. The lowest BCUT2D eigenvalue weighted by molar-refractivity contribution is 0.209. The van der Waals surface area contributed by atoms with E-state index in [0.29, 0.717) is 11.5 Å². The van der Waals surface area contributed by atoms with Crippen molar-refractivity contribution >= 4 is 10.9 Å². The van der Waals surface area contributed by atoms with Gasteiger partial charge in [0, 0.05) is 17.6 Å². The number of H-pyrrole nitrogens is 1. The third kappa shape index (κ3) is 4.67. The van der Waals surface area contributed by atoms with E-state index in [9.17, 15) is 0 Å². The molecule has 0 spiro atoms. The molecule has 0 amide bonds. The molecule has 2 heterocycles. The van der Waals surface area contributed by atoms with Gasteiger partial charge in [0.05, 0.1) is 26.8 Å². The number of fused-ring (bicyclic) bond motifs is 1. The smallest absolute Gasteiger partial charge is 0.204 e. The Hall–Kier alpha value is -2.66. The number of hydrogen-bond donors (Lipinski definition) is 1. The van der Waals surface area contributed by atoms with Gasteiger partial charge in [-0.25, -0.2) is 0 Å². The summed E-state index contributed by atoms with van der Waals surface area (Å²) < 4.78 is 16.7. The minimum absolute atomic E-state index is 0.652. The highest BCUT2D eigenvalue weighted by molar-refractivity contribution is 5.94. The van der Waals surface area contributed by atoms with Crippen LogP contribution in [0.15, 0.2) is 42.6 Å². The first-order chi connectivity index (χ1) is 15.2. The van der Waals surface area contributed by atoms with Crippen LogP contribution in [-0.2, 0) is 6.42 Å². The molecule has 0 bridgehead atoms. The highest BCUT2D eigenvalue weighted by Crippen LogP contribution is 2.44. The van der Waals surface area contributed by atoms with E-state index in [-0.39, 0.29) is 0 Å². The first kappa shape index (κ1) is 21.6. The van der Waals surface area contributed by atoms with Crippen molar-refractivity contribution in [3.63, 3.8) is 0 Å². The fraction of sp³-hybridized carbons (Fsp3) is 0.462. The van der Waals surface area contributed by atoms with Crippen LogP contribution in [0.2, 0.25) is 0 Å². The molecular weight excluding hydrogens is 388 g/mol. The molecule has 31 heavy (non-hydrogen) atoms. The molecule has 5 nitrogen and oxygen atoms in total. The van der Waals surface area contributed by atoms with Crippen molar-refractivity contribution < 1.29 is 14.2 Å². The standard InChI is InChI=1S/C26H34N2O3/c1-29-23-17-22-24(26(31-3)25(23)30-2)21(18-27-22)11-7-8-14-28-15-12-20(13-16-28)19-9-5-4-6-10-19/h4-6,9-10,17-18,20,27H,7-8,11-16H2,1-3H3. The van der Waals surface area contributed by atoms with Gasteiger partial charge in [-0.2, -0.15) is 0 Å². The Kier molecular flexibility index (Phi) is 7.03. The highest BCUT2D eigenvalue weighted by Gasteiger charge is 2.21. The molecular formula is C26H34N2O3. The van der Waals surface area contributed by atoms with E-state index < -0.39 is 0 Å². The minimum atomic E-state index is 0.652. The topological polar surface area (TPSA) is 46.7 Å². The molecule has 0 radical (unpaired) electrons. The Labute approximate surface area is 185 Å². The summed E-state index contributed by atoms with van der Waals surface area (Å²) in [6.45, 7) is 3.59. The number of methoxy groups -OCH3 is 3. The molecule has 2 aromatic carbocycles. The van der Waals surface area contributed by atoms with Gasteiger partial charge in [0.25, 0.3) is 0 Å². The summed E-state index contributed by atoms with van der Waals surface area (Å²) in [6, 6.07) is 13.0. The molecule has 1 aliphatic rings. The molecule has 4 rings (SSSR count). The average molecular weight is 423 g/mol. The Bertz CT molecular complexity index is 975. The van der Waals surface area contributed by atoms with Crippen LogP contribution in [0, 0.1) is 0 Å². The molecule has 166 valence electrons. The third-order valence-corrected chi connectivity index (χ3v) is 6.58. The second kappa shape index (κ2) is 10.1. The molecule has 0 aliphatic carbocycles. The highest BCUT2D eigenvalue weighted by atomic mass is 16.5. The van der Waals surface area contributed by atoms with Gasteiger partial charge < -0.3 is 24.1 Å². The number of rotatable bonds is 9. The number of benzene rings is 2. The fourth-order valence-corrected chi connectivity index (χ4v) is 4.89. The van der Waals surface area contributed by atoms with E-state index >= 15 is 0 Å². The molecule has 1 fully saturated rings. The predicted molar refractivity (Wildman–Crippen MR) is 126 cm³/mol. The quantitative estimate of drug-likeness (QED) is 0.469. The molecule has 5 heteroatoms. The maximum atomic E-state index is 5.71. The summed E-state index contributed by atoms with van der Waals surface area (Å²) in [5, 5.41) is 1.10. The van der Waals surface area contributed by atoms with E-state index in [4.69, 9.17) is 14.2 Å². The molecule has 1 aromatic heterocycles. The van der Waals surface area contributed by atoms with Gasteiger partial charge in [-0.3, -0.25) is 0 Å². The maximum absolute atomic E-state index is 5.71. The SMILES string of the molecule is COc1cc2[nH]cc(CCCCN3CCC(c4ccccc4)CC3)c2c(OC)c1OC. The van der Waals surface area contributed by atoms with Crippen LogP contribution in [0.5, 0.6) is 17.2 Å². The monoisotopic (exact) mass is 422 g/mol. The first-order valence-corrected chi connectivity index (χ1v) is 11.3. The second-order valence-corrected chi connectivity index (χ2v) is 8.37. The van der Waals surface area contributed by atoms with Gasteiger partial charge in [-0.1, -0.05) is 30.3 Å². The number of aromatic amines is 1. The van der Waals surface area contributed by atoms with Crippen LogP contribution in [0.25, 0.3) is 10.9 Å². The van der Waals surface area contributed by atoms with Crippen LogP contribution >= 0.6 is 0 Å². The summed E-state index contributed by atoms with van der Waals surface area (Å²) in [4.78, 5) is 6.00. The van der Waals surface area contributed by atoms with E-state index in [2.05, 4.69) is 46.4 Å². The van der Waals surface area contributed by atoms with Crippen molar-refractivity contribution in [2.75, 3.05) is 41.0 Å². The van der Waals surface area contributed by atoms with Crippen molar-refractivity contribution in [1.82, 2.24) is 9.88 Å². The lowest BCUT2D eigenvalue weighted by Gasteiger charge is -2.32. The first-order valence-electron chi connectivity index (χ1n) is 11.3. The molecule has 0 atom stereocenters. The number of nitrogens with one attached hydrogen (secondary N) is 1.